The third kappa shape index (κ3) is 2.56. The number of carbonyl (C=O) groups is 1. The maximum Gasteiger partial charge on any atom is 0.200 e. The fourth-order valence-corrected chi connectivity index (χ4v) is 3.03. The van der Waals surface area contributed by atoms with Gasteiger partial charge in [0.2, 0.25) is 5.43 Å². The van der Waals surface area contributed by atoms with Crippen LogP contribution in [0.4, 0.5) is 0 Å². The number of benzene rings is 2. The Balaban J connectivity index is 1.93. The molecule has 4 nitrogen and oxygen atoms in total. The molecule has 1 aromatic heterocycles. The molecule has 3 aromatic rings. The summed E-state index contributed by atoms with van der Waals surface area (Å²) in [6, 6.07) is 10.4. The molecule has 1 aliphatic heterocycles. The van der Waals surface area contributed by atoms with Crippen LogP contribution < -0.4 is 10.2 Å². The highest BCUT2D eigenvalue weighted by atomic mass is 16.5. The average molecular weight is 332 g/mol. The van der Waals surface area contributed by atoms with Crippen LogP contribution >= 0.6 is 0 Å². The zero-order valence-electron chi connectivity index (χ0n) is 13.9. The van der Waals surface area contributed by atoms with E-state index in [0.717, 1.165) is 11.8 Å². The van der Waals surface area contributed by atoms with Crippen LogP contribution in [0.1, 0.15) is 29.8 Å². The summed E-state index contributed by atoms with van der Waals surface area (Å²) >= 11 is 0. The van der Waals surface area contributed by atoms with Crippen molar-refractivity contribution < 1.29 is 13.9 Å². The number of aldehydes is 1. The lowest BCUT2D eigenvalue weighted by Crippen LogP contribution is -2.27. The zero-order valence-corrected chi connectivity index (χ0v) is 13.9. The number of ether oxygens (including phenoxy) is 1. The van der Waals surface area contributed by atoms with Gasteiger partial charge in [-0.1, -0.05) is 18.2 Å². The van der Waals surface area contributed by atoms with Gasteiger partial charge in [0.25, 0.3) is 0 Å². The molecular weight excluding hydrogens is 316 g/mol. The van der Waals surface area contributed by atoms with E-state index in [-0.39, 0.29) is 5.43 Å². The van der Waals surface area contributed by atoms with Crippen molar-refractivity contribution in [2.75, 3.05) is 0 Å². The smallest absolute Gasteiger partial charge is 0.200 e. The molecule has 1 aliphatic rings. The Bertz CT molecular complexity index is 1090. The molecule has 0 fully saturated rings. The molecule has 4 heteroatoms. The van der Waals surface area contributed by atoms with Gasteiger partial charge in [0, 0.05) is 5.56 Å². The van der Waals surface area contributed by atoms with Gasteiger partial charge >= 0.3 is 0 Å². The van der Waals surface area contributed by atoms with Gasteiger partial charge in [-0.2, -0.15) is 0 Å². The van der Waals surface area contributed by atoms with Gasteiger partial charge in [-0.3, -0.25) is 9.59 Å². The average Bonchev–Trinajstić information content (AvgIpc) is 2.60. The lowest BCUT2D eigenvalue weighted by atomic mass is 9.99. The second kappa shape index (κ2) is 5.45. The van der Waals surface area contributed by atoms with E-state index < -0.39 is 5.60 Å². The van der Waals surface area contributed by atoms with E-state index >= 15 is 0 Å². The molecule has 0 aliphatic carbocycles. The number of hydrogen-bond donors (Lipinski definition) is 0. The summed E-state index contributed by atoms with van der Waals surface area (Å²) in [5, 5.41) is 0.487. The Hall–Kier alpha value is -3.14. The van der Waals surface area contributed by atoms with E-state index in [1.807, 2.05) is 26.0 Å². The van der Waals surface area contributed by atoms with Crippen molar-refractivity contribution in [1.82, 2.24) is 0 Å². The van der Waals surface area contributed by atoms with E-state index in [9.17, 15) is 9.59 Å². The van der Waals surface area contributed by atoms with Crippen LogP contribution in [-0.2, 0) is 0 Å². The van der Waals surface area contributed by atoms with Gasteiger partial charge in [0.15, 0.2) is 0 Å². The molecule has 0 radical (unpaired) electrons. The summed E-state index contributed by atoms with van der Waals surface area (Å²) in [6.07, 6.45) is 6.07. The topological polar surface area (TPSA) is 56.5 Å². The normalized spacial score (nSPS) is 14.8. The molecular formula is C21H16O4. The molecule has 2 aromatic carbocycles. The highest BCUT2D eigenvalue weighted by molar-refractivity contribution is 5.91. The molecule has 2 heterocycles. The fraction of sp³-hybridized carbons (Fsp3) is 0.143. The third-order valence-electron chi connectivity index (χ3n) is 4.30. The first-order valence-electron chi connectivity index (χ1n) is 8.01. The van der Waals surface area contributed by atoms with Crippen LogP contribution in [0, 0.1) is 0 Å². The van der Waals surface area contributed by atoms with Gasteiger partial charge in [-0.25, -0.2) is 0 Å². The van der Waals surface area contributed by atoms with Crippen LogP contribution in [0.3, 0.4) is 0 Å². The molecule has 124 valence electrons. The van der Waals surface area contributed by atoms with Crippen LogP contribution in [0.5, 0.6) is 5.75 Å². The third-order valence-corrected chi connectivity index (χ3v) is 4.30. The monoisotopic (exact) mass is 332 g/mol. The van der Waals surface area contributed by atoms with Crippen molar-refractivity contribution in [3.63, 3.8) is 0 Å². The fourth-order valence-electron chi connectivity index (χ4n) is 3.03. The lowest BCUT2D eigenvalue weighted by molar-refractivity contribution is 0.112. The SMILES string of the molecule is CC1(C)C=Cc2c(ccc3c(=O)c(-c4cccc(C=O)c4)coc23)O1. The number of carbonyl (C=O) groups excluding carboxylic acids is 1. The summed E-state index contributed by atoms with van der Waals surface area (Å²) in [5.41, 5.74) is 2.34. The quantitative estimate of drug-likeness (QED) is 0.650. The number of hydrogen-bond acceptors (Lipinski definition) is 4. The minimum absolute atomic E-state index is 0.134. The first kappa shape index (κ1) is 15.4. The van der Waals surface area contributed by atoms with E-state index in [2.05, 4.69) is 0 Å². The predicted molar refractivity (Wildman–Crippen MR) is 97.0 cm³/mol. The van der Waals surface area contributed by atoms with E-state index in [1.54, 1.807) is 36.4 Å². The molecule has 25 heavy (non-hydrogen) atoms. The number of rotatable bonds is 2. The molecule has 0 bridgehead atoms. The zero-order chi connectivity index (χ0) is 17.6. The van der Waals surface area contributed by atoms with Gasteiger partial charge in [0.1, 0.15) is 29.5 Å². The highest BCUT2D eigenvalue weighted by Crippen LogP contribution is 2.35. The van der Waals surface area contributed by atoms with Gasteiger partial charge < -0.3 is 9.15 Å². The minimum atomic E-state index is -0.393. The van der Waals surface area contributed by atoms with Crippen LogP contribution in [0.2, 0.25) is 0 Å². The first-order valence-corrected chi connectivity index (χ1v) is 8.01. The van der Waals surface area contributed by atoms with Crippen molar-refractivity contribution in [2.45, 2.75) is 19.4 Å². The molecule has 0 unspecified atom stereocenters. The van der Waals surface area contributed by atoms with E-state index in [0.29, 0.717) is 33.4 Å². The standard InChI is InChI=1S/C21H16O4/c1-21(2)9-8-15-18(25-21)7-6-16-19(23)17(12-24-20(15)16)14-5-3-4-13(10-14)11-22/h3-12H,1-2H3. The van der Waals surface area contributed by atoms with Crippen LogP contribution in [0.15, 0.2) is 57.9 Å². The molecule has 0 amide bonds. The van der Waals surface area contributed by atoms with Gasteiger partial charge in [-0.15, -0.1) is 0 Å². The molecule has 4 rings (SSSR count). The largest absolute Gasteiger partial charge is 0.483 e. The van der Waals surface area contributed by atoms with Crippen molar-refractivity contribution in [3.8, 4) is 16.9 Å². The highest BCUT2D eigenvalue weighted by Gasteiger charge is 2.24. The van der Waals surface area contributed by atoms with Gasteiger partial charge in [0.05, 0.1) is 16.5 Å². The summed E-state index contributed by atoms with van der Waals surface area (Å²) in [4.78, 5) is 23.9. The van der Waals surface area contributed by atoms with E-state index in [1.165, 1.54) is 6.26 Å². The summed E-state index contributed by atoms with van der Waals surface area (Å²) in [7, 11) is 0. The Labute approximate surface area is 144 Å². The van der Waals surface area contributed by atoms with Crippen molar-refractivity contribution in [1.29, 1.82) is 0 Å². The predicted octanol–water partition coefficient (Wildman–Crippen LogP) is 4.46. The van der Waals surface area contributed by atoms with Crippen LogP contribution in [0.25, 0.3) is 28.2 Å². The van der Waals surface area contributed by atoms with E-state index in [4.69, 9.17) is 9.15 Å². The Morgan fingerprint density at radius 3 is 2.76 bits per heavy atom. The lowest BCUT2D eigenvalue weighted by Gasteiger charge is -2.27. The summed E-state index contributed by atoms with van der Waals surface area (Å²) < 4.78 is 11.7. The second-order valence-corrected chi connectivity index (χ2v) is 6.61. The Morgan fingerprint density at radius 1 is 1.12 bits per heavy atom. The molecule has 0 spiro atoms. The molecule has 0 saturated heterocycles. The second-order valence-electron chi connectivity index (χ2n) is 6.61. The first-order chi connectivity index (χ1) is 12.0. The molecule has 0 saturated carbocycles. The Kier molecular flexibility index (Phi) is 3.35. The van der Waals surface area contributed by atoms with Crippen LogP contribution in [-0.4, -0.2) is 11.9 Å². The van der Waals surface area contributed by atoms with Gasteiger partial charge in [-0.05, 0) is 49.8 Å². The molecule has 0 N–H and O–H groups in total. The van der Waals surface area contributed by atoms with Crippen molar-refractivity contribution in [2.24, 2.45) is 0 Å². The maximum absolute atomic E-state index is 12.9. The minimum Gasteiger partial charge on any atom is -0.483 e. The summed E-state index contributed by atoms with van der Waals surface area (Å²) in [6.45, 7) is 3.94. The summed E-state index contributed by atoms with van der Waals surface area (Å²) in [5.74, 6) is 0.693. The number of fused-ring (bicyclic) bond motifs is 3. The maximum atomic E-state index is 12.9. The van der Waals surface area contributed by atoms with Crippen molar-refractivity contribution in [3.05, 3.63) is 70.1 Å². The molecule has 0 atom stereocenters. The van der Waals surface area contributed by atoms with Crippen molar-refractivity contribution >= 4 is 23.3 Å². The Morgan fingerprint density at radius 2 is 1.96 bits per heavy atom.